The summed E-state index contributed by atoms with van der Waals surface area (Å²) in [4.78, 5) is 21.4. The van der Waals surface area contributed by atoms with E-state index in [4.69, 9.17) is 5.11 Å². The summed E-state index contributed by atoms with van der Waals surface area (Å²) in [6, 6.07) is 0. The van der Waals surface area contributed by atoms with Gasteiger partial charge in [0.2, 0.25) is 0 Å². The summed E-state index contributed by atoms with van der Waals surface area (Å²) in [5, 5.41) is 8.35. The van der Waals surface area contributed by atoms with E-state index < -0.39 is 96.9 Å². The Kier molecular flexibility index (Phi) is 11.3. The molecule has 0 aromatic heterocycles. The van der Waals surface area contributed by atoms with Crippen LogP contribution in [0.4, 0.5) is 74.6 Å². The number of alkyl halides is 17. The minimum absolute atomic E-state index is 0.0916. The van der Waals surface area contributed by atoms with Crippen LogP contribution in [-0.2, 0) is 14.3 Å². The van der Waals surface area contributed by atoms with Crippen LogP contribution in [0, 0.1) is 0 Å². The molecule has 0 atom stereocenters. The second-order valence-corrected chi connectivity index (χ2v) is 8.70. The van der Waals surface area contributed by atoms with Crippen LogP contribution in [0.15, 0.2) is 0 Å². The van der Waals surface area contributed by atoms with E-state index in [0.29, 0.717) is 0 Å². The number of hydrogen-bond acceptors (Lipinski definition) is 4. The second kappa shape index (κ2) is 11.9. The fourth-order valence-electron chi connectivity index (χ4n) is 2.33. The summed E-state index contributed by atoms with van der Waals surface area (Å²) in [7, 11) is 0. The van der Waals surface area contributed by atoms with Crippen LogP contribution in [0.2, 0.25) is 0 Å². The molecule has 22 heteroatoms. The van der Waals surface area contributed by atoms with Crippen LogP contribution in [0.5, 0.6) is 0 Å². The third-order valence-electron chi connectivity index (χ3n) is 4.61. The smallest absolute Gasteiger partial charge is 0.460 e. The van der Waals surface area contributed by atoms with Gasteiger partial charge in [0.05, 0.1) is 0 Å². The first kappa shape index (κ1) is 37.1. The standard InChI is InChI=1S/C17H15F17O4S/c18-10(19,4-6-39-7-5-38-9(37)3-1-2-8(35)36)11(20,21)12(22,23)13(24,25)14(26,27)15(28,29)16(30,31)17(32,33)34/h1-7H2,(H,35,36). The van der Waals surface area contributed by atoms with Crippen molar-refractivity contribution in [2.24, 2.45) is 0 Å². The van der Waals surface area contributed by atoms with Crippen molar-refractivity contribution in [3.8, 4) is 0 Å². The van der Waals surface area contributed by atoms with E-state index in [1.54, 1.807) is 0 Å². The number of aliphatic carboxylic acids is 1. The predicted molar refractivity (Wildman–Crippen MR) is 95.1 cm³/mol. The Labute approximate surface area is 210 Å². The first-order valence-corrected chi connectivity index (χ1v) is 10.9. The normalized spacial score (nSPS) is 14.9. The molecule has 0 saturated heterocycles. The maximum Gasteiger partial charge on any atom is 0.460 e. The Bertz CT molecular complexity index is 857. The number of ether oxygens (including phenoxy) is 1. The number of carbonyl (C=O) groups excluding carboxylic acids is 1. The Morgan fingerprint density at radius 3 is 1.41 bits per heavy atom. The summed E-state index contributed by atoms with van der Waals surface area (Å²) in [6.45, 7) is -0.665. The quantitative estimate of drug-likeness (QED) is 0.113. The maximum atomic E-state index is 13.7. The Morgan fingerprint density at radius 2 is 1.00 bits per heavy atom. The maximum absolute atomic E-state index is 13.7. The van der Waals surface area contributed by atoms with Gasteiger partial charge in [-0.1, -0.05) is 0 Å². The van der Waals surface area contributed by atoms with Crippen molar-refractivity contribution in [3.63, 3.8) is 0 Å². The number of esters is 1. The number of carbonyl (C=O) groups is 2. The molecule has 0 aromatic rings. The van der Waals surface area contributed by atoms with Gasteiger partial charge in [0.15, 0.2) is 0 Å². The van der Waals surface area contributed by atoms with Gasteiger partial charge in [-0.05, 0) is 12.2 Å². The third-order valence-corrected chi connectivity index (χ3v) is 5.56. The Balaban J connectivity index is 5.55. The van der Waals surface area contributed by atoms with E-state index in [2.05, 4.69) is 4.74 Å². The van der Waals surface area contributed by atoms with Crippen LogP contribution < -0.4 is 0 Å². The Hall–Kier alpha value is -1.90. The van der Waals surface area contributed by atoms with Gasteiger partial charge in [-0.25, -0.2) is 0 Å². The van der Waals surface area contributed by atoms with Gasteiger partial charge in [0, 0.05) is 25.0 Å². The lowest BCUT2D eigenvalue weighted by atomic mass is 9.88. The zero-order valence-electron chi connectivity index (χ0n) is 18.5. The van der Waals surface area contributed by atoms with Crippen LogP contribution in [-0.4, -0.2) is 82.8 Å². The lowest BCUT2D eigenvalue weighted by Gasteiger charge is -2.42. The lowest BCUT2D eigenvalue weighted by molar-refractivity contribution is -0.461. The molecule has 0 aliphatic rings. The summed E-state index contributed by atoms with van der Waals surface area (Å²) < 4.78 is 228. The minimum atomic E-state index is -8.66. The van der Waals surface area contributed by atoms with Crippen molar-refractivity contribution in [2.75, 3.05) is 18.1 Å². The highest BCUT2D eigenvalue weighted by molar-refractivity contribution is 7.99. The largest absolute Gasteiger partial charge is 0.481 e. The molecule has 0 spiro atoms. The van der Waals surface area contributed by atoms with Gasteiger partial charge < -0.3 is 9.84 Å². The molecule has 0 heterocycles. The van der Waals surface area contributed by atoms with E-state index in [-0.39, 0.29) is 18.2 Å². The molecule has 0 bridgehead atoms. The fraction of sp³-hybridized carbons (Fsp3) is 0.882. The molecule has 0 unspecified atom stereocenters. The van der Waals surface area contributed by atoms with Crippen molar-refractivity contribution in [3.05, 3.63) is 0 Å². The number of carboxylic acids is 1. The van der Waals surface area contributed by atoms with Crippen molar-refractivity contribution in [1.29, 1.82) is 0 Å². The summed E-state index contributed by atoms with van der Waals surface area (Å²) in [5.74, 6) is -60.7. The molecule has 0 saturated carbocycles. The molecule has 232 valence electrons. The third kappa shape index (κ3) is 7.06. The average Bonchev–Trinajstić information content (AvgIpc) is 2.74. The van der Waals surface area contributed by atoms with E-state index in [1.165, 1.54) is 0 Å². The lowest BCUT2D eigenvalue weighted by Crippen LogP contribution is -2.74. The zero-order chi connectivity index (χ0) is 31.5. The van der Waals surface area contributed by atoms with E-state index in [0.717, 1.165) is 0 Å². The number of rotatable bonds is 16. The van der Waals surface area contributed by atoms with Crippen molar-refractivity contribution >= 4 is 23.7 Å². The first-order chi connectivity index (χ1) is 17.1. The average molecular weight is 638 g/mol. The van der Waals surface area contributed by atoms with Crippen molar-refractivity contribution in [2.45, 2.75) is 73.3 Å². The molecular formula is C17H15F17O4S. The second-order valence-electron chi connectivity index (χ2n) is 7.48. The van der Waals surface area contributed by atoms with Gasteiger partial charge in [0.25, 0.3) is 0 Å². The number of carboxylic acid groups (broad SMARTS) is 1. The van der Waals surface area contributed by atoms with Gasteiger partial charge in [0.1, 0.15) is 6.61 Å². The van der Waals surface area contributed by atoms with Crippen LogP contribution in [0.25, 0.3) is 0 Å². The summed E-state index contributed by atoms with van der Waals surface area (Å²) in [6.07, 6.45) is -11.4. The van der Waals surface area contributed by atoms with E-state index >= 15 is 0 Å². The first-order valence-electron chi connectivity index (χ1n) is 9.73. The van der Waals surface area contributed by atoms with Crippen molar-refractivity contribution < 1.29 is 94.1 Å². The van der Waals surface area contributed by atoms with Crippen LogP contribution in [0.1, 0.15) is 25.7 Å². The molecule has 39 heavy (non-hydrogen) atoms. The molecule has 0 amide bonds. The predicted octanol–water partition coefficient (Wildman–Crippen LogP) is 6.92. The van der Waals surface area contributed by atoms with Gasteiger partial charge in [-0.3, -0.25) is 9.59 Å². The van der Waals surface area contributed by atoms with E-state index in [1.807, 2.05) is 0 Å². The zero-order valence-corrected chi connectivity index (χ0v) is 19.3. The molecule has 0 aromatic carbocycles. The highest BCUT2D eigenvalue weighted by atomic mass is 32.2. The number of thioether (sulfide) groups is 1. The number of halogens is 17. The molecule has 0 aliphatic carbocycles. The van der Waals surface area contributed by atoms with Crippen LogP contribution in [0.3, 0.4) is 0 Å². The SMILES string of the molecule is O=C(O)CCCC(=O)OCCSCCC(F)(F)C(F)(F)C(F)(F)C(F)(F)C(F)(F)C(F)(F)C(F)(F)C(F)(F)F. The molecule has 1 N–H and O–H groups in total. The minimum Gasteiger partial charge on any atom is -0.481 e. The highest BCUT2D eigenvalue weighted by Gasteiger charge is 2.95. The fourth-order valence-corrected chi connectivity index (χ4v) is 3.13. The Morgan fingerprint density at radius 1 is 0.590 bits per heavy atom. The van der Waals surface area contributed by atoms with Gasteiger partial charge >= 0.3 is 59.6 Å². The summed E-state index contributed by atoms with van der Waals surface area (Å²) >= 11 is 0.0916. The highest BCUT2D eigenvalue weighted by Crippen LogP contribution is 2.64. The molecular weight excluding hydrogens is 623 g/mol. The van der Waals surface area contributed by atoms with Crippen LogP contribution >= 0.6 is 11.8 Å². The molecule has 0 aliphatic heterocycles. The molecule has 0 radical (unpaired) electrons. The molecule has 0 fully saturated rings. The van der Waals surface area contributed by atoms with E-state index in [9.17, 15) is 84.2 Å². The number of hydrogen-bond donors (Lipinski definition) is 1. The molecule has 0 rings (SSSR count). The topological polar surface area (TPSA) is 63.6 Å². The van der Waals surface area contributed by atoms with Crippen molar-refractivity contribution in [1.82, 2.24) is 0 Å². The van der Waals surface area contributed by atoms with Gasteiger partial charge in [-0.15, -0.1) is 0 Å². The summed E-state index contributed by atoms with van der Waals surface area (Å²) in [5.41, 5.74) is 0. The monoisotopic (exact) mass is 638 g/mol. The van der Waals surface area contributed by atoms with Gasteiger partial charge in [-0.2, -0.15) is 86.4 Å². The molecule has 4 nitrogen and oxygen atoms in total.